The highest BCUT2D eigenvalue weighted by Gasteiger charge is 2.30. The number of esters is 3. The fourth-order valence-corrected chi connectivity index (χ4v) is 14.1. The van der Waals surface area contributed by atoms with Gasteiger partial charge < -0.3 is 34.2 Å². The molecule has 0 saturated heterocycles. The lowest BCUT2D eigenvalue weighted by Crippen LogP contribution is -2.30. The number of carbonyl (C=O) groups is 3. The predicted octanol–water partition coefficient (Wildman–Crippen LogP) is 30.1. The highest BCUT2D eigenvalue weighted by atomic mass is 31.2. The van der Waals surface area contributed by atoms with Crippen LogP contribution in [0.15, 0.2) is 219 Å². The first kappa shape index (κ1) is 117. The summed E-state index contributed by atoms with van der Waals surface area (Å²) in [6.07, 6.45) is 130. The molecule has 5 atom stereocenters. The van der Waals surface area contributed by atoms with Crippen molar-refractivity contribution in [3.05, 3.63) is 219 Å². The minimum absolute atomic E-state index is 0.0770. The summed E-state index contributed by atoms with van der Waals surface area (Å²) in [4.78, 5) is 59.1. The predicted molar refractivity (Wildman–Crippen MR) is 518 cm³/mol. The van der Waals surface area contributed by atoms with Crippen molar-refractivity contribution in [1.82, 2.24) is 0 Å². The van der Waals surface area contributed by atoms with E-state index in [0.29, 0.717) is 19.3 Å². The zero-order valence-corrected chi connectivity index (χ0v) is 78.8. The zero-order valence-electron chi connectivity index (χ0n) is 77.0. The number of aliphatic hydroxyl groups excluding tert-OH is 2. The molecule has 0 bridgehead atoms. The SMILES string of the molecule is CC/C=C\C/C=C\C/C=C\C/C=C\C/C=C\C/C=C\CCCCCCCCCCCCCCCCCCC(=O)OCC(O)COP(=O)(O)OCC(O)COP(=O)(O)OCC(COC(=O)CCCCCCCCCC/C=C\C/C=C\C/C=C\C/C=C\C/C=C\C/C=C\CC)OC(=O)CCCCCCCC/C=C\C/C=C\C/C=C\C/C=C\C/C=C\C/C=C\CC. The van der Waals surface area contributed by atoms with Crippen LogP contribution >= 0.6 is 15.6 Å². The molecule has 0 amide bonds. The van der Waals surface area contributed by atoms with Gasteiger partial charge in [-0.05, 0) is 173 Å². The van der Waals surface area contributed by atoms with Gasteiger partial charge >= 0.3 is 33.6 Å². The molecule has 0 saturated carbocycles. The van der Waals surface area contributed by atoms with E-state index < -0.39 is 91.5 Å². The first-order chi connectivity index (χ1) is 60.2. The molecule has 123 heavy (non-hydrogen) atoms. The number of ether oxygens (including phenoxy) is 3. The van der Waals surface area contributed by atoms with Gasteiger partial charge in [0.05, 0.1) is 26.4 Å². The average molecular weight is 1750 g/mol. The summed E-state index contributed by atoms with van der Waals surface area (Å²) in [5.41, 5.74) is 0. The van der Waals surface area contributed by atoms with Crippen molar-refractivity contribution in [3.63, 3.8) is 0 Å². The number of hydrogen-bond donors (Lipinski definition) is 4. The van der Waals surface area contributed by atoms with Crippen LogP contribution in [-0.2, 0) is 55.8 Å². The second-order valence-corrected chi connectivity index (χ2v) is 34.3. The summed E-state index contributed by atoms with van der Waals surface area (Å²) < 4.78 is 61.5. The van der Waals surface area contributed by atoms with Crippen LogP contribution in [0.5, 0.6) is 0 Å². The Labute approximate surface area is 749 Å². The Morgan fingerprint density at radius 1 is 0.228 bits per heavy atom. The van der Waals surface area contributed by atoms with E-state index in [9.17, 15) is 43.5 Å². The van der Waals surface area contributed by atoms with Crippen LogP contribution in [0, 0.1) is 0 Å². The maximum Gasteiger partial charge on any atom is 0.472 e. The van der Waals surface area contributed by atoms with Gasteiger partial charge in [0.15, 0.2) is 6.10 Å². The second kappa shape index (κ2) is 95.0. The van der Waals surface area contributed by atoms with Gasteiger partial charge in [-0.1, -0.05) is 394 Å². The van der Waals surface area contributed by atoms with Crippen LogP contribution < -0.4 is 0 Å². The zero-order chi connectivity index (χ0) is 89.3. The summed E-state index contributed by atoms with van der Waals surface area (Å²) in [6, 6.07) is 0. The smallest absolute Gasteiger partial charge is 0.463 e. The summed E-state index contributed by atoms with van der Waals surface area (Å²) >= 11 is 0. The molecule has 0 radical (unpaired) electrons. The maximum absolute atomic E-state index is 13.1. The Morgan fingerprint density at radius 2 is 0.407 bits per heavy atom. The molecular weight excluding hydrogens is 1580 g/mol. The van der Waals surface area contributed by atoms with Crippen molar-refractivity contribution in [1.29, 1.82) is 0 Å². The van der Waals surface area contributed by atoms with Crippen LogP contribution in [-0.4, -0.2) is 95.9 Å². The average Bonchev–Trinajstić information content (AvgIpc) is 0.898. The minimum atomic E-state index is -4.96. The Morgan fingerprint density at radius 3 is 0.642 bits per heavy atom. The lowest BCUT2D eigenvalue weighted by atomic mass is 10.0. The number of hydrogen-bond acceptors (Lipinski definition) is 14. The first-order valence-corrected chi connectivity index (χ1v) is 51.0. The molecule has 5 unspecified atom stereocenters. The number of phosphoric ester groups is 2. The van der Waals surface area contributed by atoms with Crippen LogP contribution in [0.3, 0.4) is 0 Å². The van der Waals surface area contributed by atoms with Crippen LogP contribution in [0.2, 0.25) is 0 Å². The summed E-state index contributed by atoms with van der Waals surface area (Å²) in [5.74, 6) is -1.60. The molecule has 0 aliphatic rings. The van der Waals surface area contributed by atoms with Crippen LogP contribution in [0.25, 0.3) is 0 Å². The van der Waals surface area contributed by atoms with E-state index >= 15 is 0 Å². The fraction of sp³-hybridized carbons (Fsp3) is 0.629. The van der Waals surface area contributed by atoms with Gasteiger partial charge in [0.2, 0.25) is 0 Å². The molecule has 698 valence electrons. The van der Waals surface area contributed by atoms with E-state index in [1.54, 1.807) is 0 Å². The first-order valence-electron chi connectivity index (χ1n) is 48.0. The Kier molecular flexibility index (Phi) is 90.3. The highest BCUT2D eigenvalue weighted by Crippen LogP contribution is 2.45. The van der Waals surface area contributed by atoms with E-state index in [-0.39, 0.29) is 19.3 Å². The van der Waals surface area contributed by atoms with Crippen LogP contribution in [0.4, 0.5) is 0 Å². The van der Waals surface area contributed by atoms with Gasteiger partial charge in [-0.25, -0.2) is 9.13 Å². The second-order valence-electron chi connectivity index (χ2n) is 31.4. The van der Waals surface area contributed by atoms with E-state index in [1.807, 2.05) is 0 Å². The molecule has 18 heteroatoms. The maximum atomic E-state index is 13.1. The fourth-order valence-electron chi connectivity index (χ4n) is 12.5. The lowest BCUT2D eigenvalue weighted by molar-refractivity contribution is -0.161. The molecule has 0 fully saturated rings. The summed E-state index contributed by atoms with van der Waals surface area (Å²) in [5, 5.41) is 20.8. The van der Waals surface area contributed by atoms with Crippen molar-refractivity contribution >= 4 is 33.6 Å². The quantitative estimate of drug-likeness (QED) is 0.0146. The number of phosphoric acid groups is 2. The molecule has 0 aromatic heterocycles. The molecule has 16 nitrogen and oxygen atoms in total. The van der Waals surface area contributed by atoms with Gasteiger partial charge in [-0.15, -0.1) is 0 Å². The number of rotatable bonds is 89. The van der Waals surface area contributed by atoms with E-state index in [2.05, 4.69) is 240 Å². The van der Waals surface area contributed by atoms with E-state index in [4.69, 9.17) is 32.3 Å². The molecule has 0 aromatic carbocycles. The van der Waals surface area contributed by atoms with Crippen molar-refractivity contribution < 1.29 is 75.8 Å². The van der Waals surface area contributed by atoms with Gasteiger partial charge in [0.1, 0.15) is 25.4 Å². The molecule has 0 spiro atoms. The number of carbonyl (C=O) groups excluding carboxylic acids is 3. The molecule has 0 aliphatic carbocycles. The molecule has 0 aliphatic heterocycles. The van der Waals surface area contributed by atoms with E-state index in [0.717, 1.165) is 218 Å². The van der Waals surface area contributed by atoms with Gasteiger partial charge in [-0.3, -0.25) is 32.5 Å². The topological polar surface area (TPSA) is 231 Å². The lowest BCUT2D eigenvalue weighted by Gasteiger charge is -2.21. The Hall–Kier alpha value is -6.13. The number of unbranched alkanes of at least 4 members (excludes halogenated alkanes) is 30. The van der Waals surface area contributed by atoms with Crippen molar-refractivity contribution in [2.75, 3.05) is 39.6 Å². The van der Waals surface area contributed by atoms with Gasteiger partial charge in [-0.2, -0.15) is 0 Å². The number of allylic oxidation sites excluding steroid dienone is 36. The third-order valence-corrected chi connectivity index (χ3v) is 21.6. The van der Waals surface area contributed by atoms with Crippen LogP contribution in [0.1, 0.15) is 367 Å². The van der Waals surface area contributed by atoms with Crippen molar-refractivity contribution in [3.8, 4) is 0 Å². The third-order valence-electron chi connectivity index (χ3n) is 19.7. The Bertz CT molecular complexity index is 3120. The molecule has 0 rings (SSSR count). The van der Waals surface area contributed by atoms with Gasteiger partial charge in [0.25, 0.3) is 0 Å². The van der Waals surface area contributed by atoms with Gasteiger partial charge in [0, 0.05) is 19.3 Å². The monoisotopic (exact) mass is 1750 g/mol. The standard InChI is InChI=1S/C105H172O16P2/c1-4-7-10-13-16-19-22-25-28-31-34-37-40-43-45-46-47-48-49-50-51-52-54-57-58-61-64-67-70-73-76-79-82-85-88-91-103(108)115-94-100(106)95-117-122(111,112)118-96-101(107)97-119-123(113,114)120-99-102(121-105(110)93-90-87-84-81-78-75-72-69-66-63-60-55-42-39-36-33-30-27-24-21-18-15-12-9-6-3)98-116-104(109)92-89-86-83-80-77-74-71-68-65-62-59-56-53-44-41-38-35-32-29-26-23-20-17-14-11-8-5-2/h7-12,16-21,25-30,34-39,43-45,47-48,53,55,59-60,62,66,69,100-102,106-107H,4-6,13-15,22-24,31-33,40-42,46,49-52,54,56-58,61,63-65,67-68,70-99H2,1-3H3,(H,111,112)(H,113,114)/b10-7-,11-8-,12-9-,19-16-,20-17-,21-18-,28-25-,29-26-,30-27-,37-34-,38-35-,39-36-,45-43-,48-47-,53-44-,60-55-,62-59-,69-66-. The number of aliphatic hydroxyl groups is 2. The molecular formula is C105H172O16P2. The van der Waals surface area contributed by atoms with E-state index in [1.165, 1.54) is 89.9 Å². The molecule has 0 aromatic rings. The van der Waals surface area contributed by atoms with Crippen molar-refractivity contribution in [2.45, 2.75) is 386 Å². The Balaban J connectivity index is 4.63. The largest absolute Gasteiger partial charge is 0.472 e. The molecule has 4 N–H and O–H groups in total. The third kappa shape index (κ3) is 96.4. The minimum Gasteiger partial charge on any atom is -0.463 e. The molecule has 0 heterocycles. The summed E-state index contributed by atoms with van der Waals surface area (Å²) in [6.45, 7) is 2.34. The normalized spacial score (nSPS) is 14.7. The van der Waals surface area contributed by atoms with Crippen molar-refractivity contribution in [2.24, 2.45) is 0 Å². The highest BCUT2D eigenvalue weighted by molar-refractivity contribution is 7.47. The summed E-state index contributed by atoms with van der Waals surface area (Å²) in [7, 11) is -9.83.